The van der Waals surface area contributed by atoms with Crippen LogP contribution in [0.4, 0.5) is 5.13 Å². The molecule has 0 radical (unpaired) electrons. The topological polar surface area (TPSA) is 79.7 Å². The minimum atomic E-state index is -0.865. The lowest BCUT2D eigenvalue weighted by Gasteiger charge is -2.23. The van der Waals surface area contributed by atoms with E-state index in [0.717, 1.165) is 28.7 Å². The summed E-state index contributed by atoms with van der Waals surface area (Å²) >= 11 is 7.45. The molecule has 194 valence electrons. The smallest absolute Gasteiger partial charge is 0.301 e. The molecule has 2 heterocycles. The zero-order valence-corrected chi connectivity index (χ0v) is 22.9. The van der Waals surface area contributed by atoms with Crippen LogP contribution >= 0.6 is 22.9 Å². The van der Waals surface area contributed by atoms with Crippen LogP contribution in [0.5, 0.6) is 5.75 Å². The molecule has 0 saturated carbocycles. The maximum absolute atomic E-state index is 13.5. The third-order valence-corrected chi connectivity index (χ3v) is 7.85. The molecule has 4 aromatic rings. The second-order valence-electron chi connectivity index (χ2n) is 9.37. The number of hydrogen-bond donors (Lipinski definition) is 1. The number of unbranched alkanes of at least 4 members (excludes halogenated alkanes) is 1. The minimum absolute atomic E-state index is 0.0284. The highest BCUT2D eigenvalue weighted by Crippen LogP contribution is 2.45. The zero-order valence-electron chi connectivity index (χ0n) is 21.3. The number of nitrogens with zero attached hydrogens (tertiary/aromatic N) is 2. The van der Waals surface area contributed by atoms with Crippen molar-refractivity contribution in [3.63, 3.8) is 0 Å². The van der Waals surface area contributed by atoms with Crippen molar-refractivity contribution in [1.82, 2.24) is 4.98 Å². The summed E-state index contributed by atoms with van der Waals surface area (Å²) in [6.45, 7) is 6.48. The number of Topliss-reactive ketones (excluding diaryl/α,β-unsaturated/α-hetero) is 1. The van der Waals surface area contributed by atoms with Gasteiger partial charge in [-0.15, -0.1) is 0 Å². The van der Waals surface area contributed by atoms with E-state index >= 15 is 0 Å². The molecule has 1 aliphatic heterocycles. The first-order valence-corrected chi connectivity index (χ1v) is 13.7. The van der Waals surface area contributed by atoms with Gasteiger partial charge in [-0.2, -0.15) is 0 Å². The number of ether oxygens (including phenoxy) is 1. The number of hydrogen-bond acceptors (Lipinski definition) is 6. The molecule has 1 saturated heterocycles. The number of fused-ring (bicyclic) bond motifs is 1. The molecule has 0 spiro atoms. The predicted molar refractivity (Wildman–Crippen MR) is 152 cm³/mol. The van der Waals surface area contributed by atoms with Crippen LogP contribution in [0.25, 0.3) is 16.0 Å². The number of aromatic nitrogens is 1. The number of rotatable bonds is 7. The Morgan fingerprint density at radius 1 is 1.08 bits per heavy atom. The monoisotopic (exact) mass is 546 g/mol. The fourth-order valence-electron chi connectivity index (χ4n) is 4.55. The van der Waals surface area contributed by atoms with E-state index in [1.54, 1.807) is 18.2 Å². The number of carbonyl (C=O) groups is 2. The molecule has 1 unspecified atom stereocenters. The minimum Gasteiger partial charge on any atom is -0.507 e. The Kier molecular flexibility index (Phi) is 7.23. The molecule has 38 heavy (non-hydrogen) atoms. The second-order valence-corrected chi connectivity index (χ2v) is 10.8. The van der Waals surface area contributed by atoms with E-state index in [4.69, 9.17) is 16.3 Å². The van der Waals surface area contributed by atoms with Gasteiger partial charge in [0.15, 0.2) is 5.13 Å². The van der Waals surface area contributed by atoms with Crippen molar-refractivity contribution < 1.29 is 19.4 Å². The summed E-state index contributed by atoms with van der Waals surface area (Å²) in [5.74, 6) is -1.00. The summed E-state index contributed by atoms with van der Waals surface area (Å²) in [5, 5.41) is 12.4. The molecule has 0 aliphatic carbocycles. The lowest BCUT2D eigenvalue weighted by atomic mass is 9.93. The highest BCUT2D eigenvalue weighted by atomic mass is 35.5. The fourth-order valence-corrected chi connectivity index (χ4v) is 5.82. The van der Waals surface area contributed by atoms with Crippen LogP contribution < -0.4 is 9.64 Å². The number of aryl methyl sites for hydroxylation is 2. The summed E-state index contributed by atoms with van der Waals surface area (Å²) in [6, 6.07) is 17.4. The van der Waals surface area contributed by atoms with Crippen LogP contribution in [0.3, 0.4) is 0 Å². The van der Waals surface area contributed by atoms with Crippen LogP contribution in [0.15, 0.2) is 66.2 Å². The van der Waals surface area contributed by atoms with Crippen molar-refractivity contribution >= 4 is 55.7 Å². The second kappa shape index (κ2) is 10.6. The first-order chi connectivity index (χ1) is 18.3. The van der Waals surface area contributed by atoms with Crippen molar-refractivity contribution in [2.75, 3.05) is 11.5 Å². The Morgan fingerprint density at radius 2 is 1.84 bits per heavy atom. The summed E-state index contributed by atoms with van der Waals surface area (Å²) in [6.07, 6.45) is 1.97. The van der Waals surface area contributed by atoms with E-state index in [1.807, 2.05) is 56.3 Å². The molecule has 1 N–H and O–H groups in total. The van der Waals surface area contributed by atoms with Crippen LogP contribution in [0, 0.1) is 13.8 Å². The van der Waals surface area contributed by atoms with Crippen molar-refractivity contribution in [2.45, 2.75) is 39.7 Å². The Morgan fingerprint density at radius 3 is 2.58 bits per heavy atom. The number of carbonyl (C=O) groups excluding carboxylic acids is 2. The van der Waals surface area contributed by atoms with Gasteiger partial charge in [-0.1, -0.05) is 66.1 Å². The SMILES string of the molecule is CCCCOc1ccc(C2C(=C(O)c3cc(C)ccc3C)C(=O)C(=O)N2c2nc3ccc(Cl)cc3s2)cc1. The van der Waals surface area contributed by atoms with Crippen molar-refractivity contribution in [3.05, 3.63) is 93.5 Å². The number of aliphatic hydroxyl groups is 1. The molecule has 1 aromatic heterocycles. The average Bonchev–Trinajstić information content (AvgIpc) is 3.43. The molecule has 0 bridgehead atoms. The Labute approximate surface area is 230 Å². The highest BCUT2D eigenvalue weighted by molar-refractivity contribution is 7.22. The lowest BCUT2D eigenvalue weighted by molar-refractivity contribution is -0.132. The molecule has 1 fully saturated rings. The van der Waals surface area contributed by atoms with Gasteiger partial charge in [0.1, 0.15) is 11.5 Å². The Bertz CT molecular complexity index is 1580. The first-order valence-electron chi connectivity index (χ1n) is 12.5. The number of thiazole rings is 1. The summed E-state index contributed by atoms with van der Waals surface area (Å²) in [5.41, 5.74) is 3.61. The van der Waals surface area contributed by atoms with E-state index in [2.05, 4.69) is 11.9 Å². The van der Waals surface area contributed by atoms with Crippen LogP contribution in [-0.2, 0) is 9.59 Å². The quantitative estimate of drug-likeness (QED) is 0.113. The summed E-state index contributed by atoms with van der Waals surface area (Å²) in [4.78, 5) is 33.1. The molecule has 6 nitrogen and oxygen atoms in total. The molecule has 5 rings (SSSR count). The number of aliphatic hydroxyl groups excluding tert-OH is 1. The number of amides is 1. The van der Waals surface area contributed by atoms with Crippen molar-refractivity contribution in [2.24, 2.45) is 0 Å². The predicted octanol–water partition coefficient (Wildman–Crippen LogP) is 7.37. The van der Waals surface area contributed by atoms with E-state index < -0.39 is 17.7 Å². The van der Waals surface area contributed by atoms with Gasteiger partial charge >= 0.3 is 5.91 Å². The van der Waals surface area contributed by atoms with E-state index in [-0.39, 0.29) is 11.3 Å². The maximum Gasteiger partial charge on any atom is 0.301 e. The third-order valence-electron chi connectivity index (χ3n) is 6.60. The Hall–Kier alpha value is -3.68. The average molecular weight is 547 g/mol. The van der Waals surface area contributed by atoms with E-state index in [1.165, 1.54) is 16.2 Å². The normalized spacial score (nSPS) is 16.9. The molecular formula is C30H27ClN2O4S. The molecule has 1 aliphatic rings. The number of halogens is 1. The van der Waals surface area contributed by atoms with Gasteiger partial charge in [0.05, 0.1) is 28.4 Å². The largest absolute Gasteiger partial charge is 0.507 e. The van der Waals surface area contributed by atoms with Crippen LogP contribution in [0.2, 0.25) is 5.02 Å². The lowest BCUT2D eigenvalue weighted by Crippen LogP contribution is -2.29. The molecule has 1 atom stereocenters. The van der Waals surface area contributed by atoms with Gasteiger partial charge < -0.3 is 9.84 Å². The standard InChI is InChI=1S/C30H27ClN2O4S/c1-4-5-14-37-21-11-8-19(9-12-21)26-25(27(34)22-15-17(2)6-7-18(22)3)28(35)29(36)33(26)30-32-23-13-10-20(31)16-24(23)38-30/h6-13,15-16,26,34H,4-5,14H2,1-3H3. The molecule has 8 heteroatoms. The van der Waals surface area contributed by atoms with Crippen molar-refractivity contribution in [3.8, 4) is 5.75 Å². The van der Waals surface area contributed by atoms with Gasteiger partial charge in [-0.3, -0.25) is 14.5 Å². The fraction of sp³-hybridized carbons (Fsp3) is 0.233. The van der Waals surface area contributed by atoms with E-state index in [0.29, 0.717) is 39.2 Å². The third kappa shape index (κ3) is 4.79. The first kappa shape index (κ1) is 25.9. The van der Waals surface area contributed by atoms with Crippen LogP contribution in [0.1, 0.15) is 48.1 Å². The van der Waals surface area contributed by atoms with E-state index in [9.17, 15) is 14.7 Å². The van der Waals surface area contributed by atoms with Gasteiger partial charge in [0, 0.05) is 10.6 Å². The zero-order chi connectivity index (χ0) is 27.0. The number of anilines is 1. The maximum atomic E-state index is 13.5. The number of ketones is 1. The van der Waals surface area contributed by atoms with Gasteiger partial charge in [-0.25, -0.2) is 4.98 Å². The summed E-state index contributed by atoms with van der Waals surface area (Å²) in [7, 11) is 0. The highest BCUT2D eigenvalue weighted by Gasteiger charge is 2.48. The van der Waals surface area contributed by atoms with Gasteiger partial charge in [0.25, 0.3) is 5.78 Å². The van der Waals surface area contributed by atoms with Gasteiger partial charge in [-0.05, 0) is 67.8 Å². The van der Waals surface area contributed by atoms with Crippen molar-refractivity contribution in [1.29, 1.82) is 0 Å². The number of benzene rings is 3. The molecular weight excluding hydrogens is 520 g/mol. The van der Waals surface area contributed by atoms with Crippen LogP contribution in [-0.4, -0.2) is 28.4 Å². The molecule has 1 amide bonds. The molecule has 3 aromatic carbocycles. The van der Waals surface area contributed by atoms with Gasteiger partial charge in [0.2, 0.25) is 0 Å². The Balaban J connectivity index is 1.67. The summed E-state index contributed by atoms with van der Waals surface area (Å²) < 4.78 is 6.60.